The molecule has 0 heterocycles. The lowest BCUT2D eigenvalue weighted by molar-refractivity contribution is 0.896. The van der Waals surface area contributed by atoms with Crippen LogP contribution in [0.1, 0.15) is 25.7 Å². The first kappa shape index (κ1) is 9.25. The maximum atomic E-state index is 2.42. The molecule has 0 saturated heterocycles. The van der Waals surface area contributed by atoms with Gasteiger partial charge in [0.15, 0.2) is 0 Å². The molecule has 0 aliphatic heterocycles. The van der Waals surface area contributed by atoms with Crippen LogP contribution in [0.5, 0.6) is 0 Å². The summed E-state index contributed by atoms with van der Waals surface area (Å²) in [6.07, 6.45) is 16.1. The van der Waals surface area contributed by atoms with E-state index in [0.29, 0.717) is 0 Å². The number of allylic oxidation sites excluding steroid dienone is 8. The van der Waals surface area contributed by atoms with Crippen molar-refractivity contribution in [2.24, 2.45) is 0 Å². The van der Waals surface area contributed by atoms with Crippen LogP contribution in [0, 0.1) is 0 Å². The van der Waals surface area contributed by atoms with Gasteiger partial charge in [-0.2, -0.15) is 0 Å². The first-order valence-corrected chi connectivity index (χ1v) is 5.85. The Bertz CT molecular complexity index is 316. The summed E-state index contributed by atoms with van der Waals surface area (Å²) in [5.74, 6) is 0. The molecule has 0 radical (unpaired) electrons. The second kappa shape index (κ2) is 4.27. The molecular weight excluding hydrogens is 271 g/mol. The minimum Gasteiger partial charge on any atom is -0.0842 e. The van der Waals surface area contributed by atoms with Crippen LogP contribution in [0.3, 0.4) is 0 Å². The highest BCUT2D eigenvalue weighted by Crippen LogP contribution is 2.30. The second-order valence-corrected chi connectivity index (χ2v) is 4.85. The van der Waals surface area contributed by atoms with Crippen LogP contribution >= 0.6 is 22.6 Å². The Morgan fingerprint density at radius 1 is 0.923 bits per heavy atom. The van der Waals surface area contributed by atoms with Crippen molar-refractivity contribution in [2.75, 3.05) is 0 Å². The molecule has 1 heteroatoms. The Kier molecular flexibility index (Phi) is 3.04. The molecule has 0 atom stereocenters. The highest BCUT2D eigenvalue weighted by molar-refractivity contribution is 14.1. The van der Waals surface area contributed by atoms with Crippen LogP contribution < -0.4 is 0 Å². The van der Waals surface area contributed by atoms with Crippen molar-refractivity contribution >= 4 is 22.6 Å². The zero-order chi connectivity index (χ0) is 9.10. The summed E-state index contributed by atoms with van der Waals surface area (Å²) in [6, 6.07) is 0. The molecule has 2 rings (SSSR count). The zero-order valence-electron chi connectivity index (χ0n) is 7.59. The van der Waals surface area contributed by atoms with E-state index >= 15 is 0 Å². The van der Waals surface area contributed by atoms with Gasteiger partial charge in [0.2, 0.25) is 0 Å². The second-order valence-electron chi connectivity index (χ2n) is 3.46. The van der Waals surface area contributed by atoms with Crippen molar-refractivity contribution in [1.82, 2.24) is 0 Å². The molecule has 0 fully saturated rings. The molecule has 68 valence electrons. The summed E-state index contributed by atoms with van der Waals surface area (Å²) in [6.45, 7) is 0. The summed E-state index contributed by atoms with van der Waals surface area (Å²) >= 11 is 2.42. The van der Waals surface area contributed by atoms with Crippen molar-refractivity contribution in [2.45, 2.75) is 25.7 Å². The summed E-state index contributed by atoms with van der Waals surface area (Å²) < 4.78 is 1.48. The molecule has 0 bridgehead atoms. The average molecular weight is 284 g/mol. The molecular formula is C12H13I. The summed E-state index contributed by atoms with van der Waals surface area (Å²) in [5, 5.41) is 0. The van der Waals surface area contributed by atoms with Gasteiger partial charge in [0.25, 0.3) is 0 Å². The van der Waals surface area contributed by atoms with Crippen LogP contribution in [0.2, 0.25) is 0 Å². The zero-order valence-corrected chi connectivity index (χ0v) is 9.75. The molecule has 0 nitrogen and oxygen atoms in total. The molecule has 0 aromatic heterocycles. The monoisotopic (exact) mass is 284 g/mol. The SMILES string of the molecule is IC1=CC=C(C2=CC=CCC2)CC1. The van der Waals surface area contributed by atoms with E-state index in [9.17, 15) is 0 Å². The molecule has 0 N–H and O–H groups in total. The third-order valence-electron chi connectivity index (χ3n) is 2.52. The van der Waals surface area contributed by atoms with Gasteiger partial charge in [-0.05, 0) is 63.0 Å². The number of halogens is 1. The van der Waals surface area contributed by atoms with Gasteiger partial charge in [-0.15, -0.1) is 0 Å². The van der Waals surface area contributed by atoms with E-state index < -0.39 is 0 Å². The standard InChI is InChI=1S/C12H13I/c13-12-8-6-11(7-9-12)10-4-2-1-3-5-10/h1-2,4,6,8H,3,5,7,9H2. The summed E-state index contributed by atoms with van der Waals surface area (Å²) in [4.78, 5) is 0. The Labute approximate surface area is 93.2 Å². The fraction of sp³-hybridized carbons (Fsp3) is 0.333. The average Bonchev–Trinajstić information content (AvgIpc) is 2.20. The highest BCUT2D eigenvalue weighted by atomic mass is 127. The maximum absolute atomic E-state index is 2.42. The quantitative estimate of drug-likeness (QED) is 0.630. The smallest absolute Gasteiger partial charge is 0.00907 e. The van der Waals surface area contributed by atoms with E-state index in [0.717, 1.165) is 0 Å². The highest BCUT2D eigenvalue weighted by Gasteiger charge is 2.09. The van der Waals surface area contributed by atoms with E-state index in [2.05, 4.69) is 53.0 Å². The van der Waals surface area contributed by atoms with Crippen molar-refractivity contribution in [1.29, 1.82) is 0 Å². The van der Waals surface area contributed by atoms with Crippen LogP contribution in [0.25, 0.3) is 0 Å². The first-order valence-electron chi connectivity index (χ1n) is 4.77. The third-order valence-corrected chi connectivity index (χ3v) is 3.42. The van der Waals surface area contributed by atoms with Gasteiger partial charge in [-0.3, -0.25) is 0 Å². The lowest BCUT2D eigenvalue weighted by atomic mass is 9.92. The van der Waals surface area contributed by atoms with Crippen LogP contribution in [0.4, 0.5) is 0 Å². The topological polar surface area (TPSA) is 0 Å². The van der Waals surface area contributed by atoms with Gasteiger partial charge in [0, 0.05) is 0 Å². The predicted octanol–water partition coefficient (Wildman–Crippen LogP) is 4.30. The Morgan fingerprint density at radius 3 is 2.38 bits per heavy atom. The summed E-state index contributed by atoms with van der Waals surface area (Å²) in [5.41, 5.74) is 3.09. The largest absolute Gasteiger partial charge is 0.0842 e. The minimum absolute atomic E-state index is 1.21. The van der Waals surface area contributed by atoms with Gasteiger partial charge in [0.1, 0.15) is 0 Å². The van der Waals surface area contributed by atoms with E-state index in [1.165, 1.54) is 29.3 Å². The molecule has 0 aromatic carbocycles. The molecule has 0 spiro atoms. The Morgan fingerprint density at radius 2 is 1.77 bits per heavy atom. The van der Waals surface area contributed by atoms with E-state index in [1.54, 1.807) is 11.1 Å². The number of hydrogen-bond donors (Lipinski definition) is 0. The predicted molar refractivity (Wildman–Crippen MR) is 65.9 cm³/mol. The fourth-order valence-electron chi connectivity index (χ4n) is 1.75. The minimum atomic E-state index is 1.21. The van der Waals surface area contributed by atoms with Crippen LogP contribution in [0.15, 0.2) is 45.1 Å². The van der Waals surface area contributed by atoms with Crippen LogP contribution in [-0.2, 0) is 0 Å². The Hall–Kier alpha value is -0.310. The van der Waals surface area contributed by atoms with Crippen molar-refractivity contribution < 1.29 is 0 Å². The fourth-order valence-corrected chi connectivity index (χ4v) is 2.20. The van der Waals surface area contributed by atoms with Crippen molar-refractivity contribution in [3.8, 4) is 0 Å². The maximum Gasteiger partial charge on any atom is -0.00907 e. The van der Waals surface area contributed by atoms with E-state index in [4.69, 9.17) is 0 Å². The van der Waals surface area contributed by atoms with Gasteiger partial charge in [-0.1, -0.05) is 30.4 Å². The Balaban J connectivity index is 2.17. The summed E-state index contributed by atoms with van der Waals surface area (Å²) in [7, 11) is 0. The lowest BCUT2D eigenvalue weighted by Crippen LogP contribution is -1.96. The molecule has 0 amide bonds. The van der Waals surface area contributed by atoms with Gasteiger partial charge in [0.05, 0.1) is 0 Å². The molecule has 13 heavy (non-hydrogen) atoms. The van der Waals surface area contributed by atoms with Crippen molar-refractivity contribution in [3.05, 3.63) is 45.1 Å². The molecule has 0 aromatic rings. The molecule has 2 aliphatic rings. The van der Waals surface area contributed by atoms with E-state index in [-0.39, 0.29) is 0 Å². The molecule has 2 aliphatic carbocycles. The first-order chi connectivity index (χ1) is 6.36. The number of rotatable bonds is 1. The normalized spacial score (nSPS) is 22.1. The van der Waals surface area contributed by atoms with E-state index in [1.807, 2.05) is 0 Å². The number of hydrogen-bond acceptors (Lipinski definition) is 0. The molecule has 0 unspecified atom stereocenters. The van der Waals surface area contributed by atoms with Crippen molar-refractivity contribution in [3.63, 3.8) is 0 Å². The van der Waals surface area contributed by atoms with Crippen LogP contribution in [-0.4, -0.2) is 0 Å². The van der Waals surface area contributed by atoms with Gasteiger partial charge in [-0.25, -0.2) is 0 Å². The van der Waals surface area contributed by atoms with Gasteiger partial charge >= 0.3 is 0 Å². The molecule has 0 saturated carbocycles. The third kappa shape index (κ3) is 2.33. The van der Waals surface area contributed by atoms with Gasteiger partial charge < -0.3 is 0 Å². The lowest BCUT2D eigenvalue weighted by Gasteiger charge is -2.15.